The summed E-state index contributed by atoms with van der Waals surface area (Å²) < 4.78 is 7.09. The molecule has 1 fully saturated rings. The van der Waals surface area contributed by atoms with Crippen LogP contribution < -0.4 is 10.1 Å². The van der Waals surface area contributed by atoms with Crippen molar-refractivity contribution < 1.29 is 9.53 Å². The fraction of sp³-hybridized carbons (Fsp3) is 0.310. The maximum absolute atomic E-state index is 13.2. The smallest absolute Gasteiger partial charge is 0.255 e. The van der Waals surface area contributed by atoms with Crippen molar-refractivity contribution in [1.29, 1.82) is 0 Å². The molecule has 6 rings (SSSR count). The molecule has 1 aliphatic heterocycles. The van der Waals surface area contributed by atoms with Gasteiger partial charge in [-0.25, -0.2) is 14.6 Å². The quantitative estimate of drug-likeness (QED) is 0.440. The van der Waals surface area contributed by atoms with Gasteiger partial charge >= 0.3 is 0 Å². The first-order chi connectivity index (χ1) is 18.1. The number of carbonyl (C=O) groups is 1. The number of nitrogens with one attached hydrogen (secondary N) is 1. The van der Waals surface area contributed by atoms with E-state index < -0.39 is 0 Å². The maximum Gasteiger partial charge on any atom is 0.255 e. The van der Waals surface area contributed by atoms with Gasteiger partial charge in [0.1, 0.15) is 5.75 Å². The molecule has 1 saturated heterocycles. The summed E-state index contributed by atoms with van der Waals surface area (Å²) in [6.45, 7) is 4.59. The zero-order valence-corrected chi connectivity index (χ0v) is 21.1. The number of amides is 1. The number of methoxy groups -OCH3 is 1. The summed E-state index contributed by atoms with van der Waals surface area (Å²) in [7, 11) is 1.67. The summed E-state index contributed by atoms with van der Waals surface area (Å²) in [5.74, 6) is 1.15. The zero-order chi connectivity index (χ0) is 25.4. The number of nitrogens with zero attached hydrogens (tertiary/aromatic N) is 5. The average Bonchev–Trinajstić information content (AvgIpc) is 3.54. The van der Waals surface area contributed by atoms with Crippen LogP contribution in [0, 0.1) is 6.92 Å². The summed E-state index contributed by atoms with van der Waals surface area (Å²) >= 11 is 0. The Balaban J connectivity index is 1.18. The highest BCUT2D eigenvalue weighted by molar-refractivity contribution is 5.95. The lowest BCUT2D eigenvalue weighted by Crippen LogP contribution is -2.37. The first-order valence-corrected chi connectivity index (χ1v) is 12.7. The summed E-state index contributed by atoms with van der Waals surface area (Å²) in [5.41, 5.74) is 6.87. The number of benzene rings is 2. The van der Waals surface area contributed by atoms with Crippen LogP contribution in [0.5, 0.6) is 5.75 Å². The van der Waals surface area contributed by atoms with Crippen LogP contribution in [-0.2, 0) is 19.4 Å². The predicted octanol–water partition coefficient (Wildman–Crippen LogP) is 3.75. The molecule has 3 heterocycles. The molecule has 188 valence electrons. The molecule has 0 radical (unpaired) electrons. The molecule has 0 saturated carbocycles. The van der Waals surface area contributed by atoms with Crippen LogP contribution in [0.4, 0.5) is 0 Å². The molecule has 2 aromatic heterocycles. The van der Waals surface area contributed by atoms with E-state index in [4.69, 9.17) is 9.72 Å². The standard InChI is InChI=1S/C29H30N6O2/c1-19-26(28(36)32-23-12-13-34(18-23)17-20-6-4-3-5-7-20)16-31-35(19)29-30-15-22-9-8-21-10-11-24(37-2)14-25(21)27(22)33-29/h3-7,10-11,14-16,23H,8-9,12-13,17-18H2,1-2H3,(H,32,36)/t23-/m1/s1. The Labute approximate surface area is 216 Å². The zero-order valence-electron chi connectivity index (χ0n) is 21.1. The monoisotopic (exact) mass is 494 g/mol. The second-order valence-corrected chi connectivity index (χ2v) is 9.80. The normalized spacial score (nSPS) is 16.8. The van der Waals surface area contributed by atoms with Gasteiger partial charge in [0, 0.05) is 37.4 Å². The SMILES string of the molecule is COc1ccc2c(c1)-c1nc(-n3ncc(C(=O)N[C@@H]4CCN(Cc5ccccc5)C4)c3C)ncc1CC2. The number of hydrogen-bond acceptors (Lipinski definition) is 6. The van der Waals surface area contributed by atoms with E-state index in [1.165, 1.54) is 11.1 Å². The molecule has 0 bridgehead atoms. The second kappa shape index (κ2) is 9.78. The molecule has 0 spiro atoms. The van der Waals surface area contributed by atoms with Gasteiger partial charge in [0.05, 0.1) is 30.3 Å². The highest BCUT2D eigenvalue weighted by atomic mass is 16.5. The molecule has 1 amide bonds. The molecule has 1 aliphatic carbocycles. The number of fused-ring (bicyclic) bond motifs is 3. The number of aryl methyl sites for hydroxylation is 2. The molecule has 8 nitrogen and oxygen atoms in total. The summed E-state index contributed by atoms with van der Waals surface area (Å²) in [6, 6.07) is 16.7. The van der Waals surface area contributed by atoms with Gasteiger partial charge in [0.15, 0.2) is 0 Å². The third kappa shape index (κ3) is 4.60. The average molecular weight is 495 g/mol. The minimum Gasteiger partial charge on any atom is -0.497 e. The fourth-order valence-corrected chi connectivity index (χ4v) is 5.34. The third-order valence-electron chi connectivity index (χ3n) is 7.39. The van der Waals surface area contributed by atoms with E-state index in [0.29, 0.717) is 11.5 Å². The Morgan fingerprint density at radius 1 is 1.11 bits per heavy atom. The van der Waals surface area contributed by atoms with Crippen molar-refractivity contribution in [3.8, 4) is 23.0 Å². The molecule has 2 aromatic carbocycles. The van der Waals surface area contributed by atoms with Crippen molar-refractivity contribution in [2.75, 3.05) is 20.2 Å². The van der Waals surface area contributed by atoms with Crippen molar-refractivity contribution in [3.63, 3.8) is 0 Å². The van der Waals surface area contributed by atoms with Crippen molar-refractivity contribution in [1.82, 2.24) is 30.0 Å². The minimum absolute atomic E-state index is 0.108. The Bertz CT molecular complexity index is 1450. The molecule has 8 heteroatoms. The van der Waals surface area contributed by atoms with E-state index in [1.807, 2.05) is 31.3 Å². The number of hydrogen-bond donors (Lipinski definition) is 1. The summed E-state index contributed by atoms with van der Waals surface area (Å²) in [6.07, 6.45) is 6.26. The van der Waals surface area contributed by atoms with Gasteiger partial charge in [-0.3, -0.25) is 9.69 Å². The van der Waals surface area contributed by atoms with Crippen LogP contribution >= 0.6 is 0 Å². The Morgan fingerprint density at radius 2 is 1.95 bits per heavy atom. The second-order valence-electron chi connectivity index (χ2n) is 9.80. The van der Waals surface area contributed by atoms with Crippen molar-refractivity contribution in [2.45, 2.75) is 38.8 Å². The number of likely N-dealkylation sites (tertiary alicyclic amines) is 1. The lowest BCUT2D eigenvalue weighted by atomic mass is 9.90. The van der Waals surface area contributed by atoms with E-state index in [-0.39, 0.29) is 11.9 Å². The van der Waals surface area contributed by atoms with Crippen LogP contribution in [0.25, 0.3) is 17.2 Å². The number of rotatable bonds is 6. The lowest BCUT2D eigenvalue weighted by Gasteiger charge is -2.20. The van der Waals surface area contributed by atoms with Gasteiger partial charge in [0.25, 0.3) is 11.9 Å². The van der Waals surface area contributed by atoms with Gasteiger partial charge in [-0.1, -0.05) is 36.4 Å². The van der Waals surface area contributed by atoms with Crippen molar-refractivity contribution in [2.24, 2.45) is 0 Å². The van der Waals surface area contributed by atoms with E-state index in [0.717, 1.165) is 67.2 Å². The molecular formula is C29H30N6O2. The minimum atomic E-state index is -0.108. The summed E-state index contributed by atoms with van der Waals surface area (Å²) in [4.78, 5) is 25.0. The highest BCUT2D eigenvalue weighted by Crippen LogP contribution is 2.34. The maximum atomic E-state index is 13.2. The van der Waals surface area contributed by atoms with Crippen molar-refractivity contribution >= 4 is 5.91 Å². The molecule has 1 N–H and O–H groups in total. The summed E-state index contributed by atoms with van der Waals surface area (Å²) in [5, 5.41) is 7.69. The van der Waals surface area contributed by atoms with Gasteiger partial charge < -0.3 is 10.1 Å². The molecule has 2 aliphatic rings. The van der Waals surface area contributed by atoms with E-state index >= 15 is 0 Å². The highest BCUT2D eigenvalue weighted by Gasteiger charge is 2.26. The molecule has 4 aromatic rings. The van der Waals surface area contributed by atoms with Gasteiger partial charge in [-0.2, -0.15) is 5.10 Å². The largest absolute Gasteiger partial charge is 0.497 e. The number of ether oxygens (including phenoxy) is 1. The molecule has 37 heavy (non-hydrogen) atoms. The van der Waals surface area contributed by atoms with Crippen LogP contribution in [0.15, 0.2) is 60.9 Å². The Morgan fingerprint density at radius 3 is 2.78 bits per heavy atom. The fourth-order valence-electron chi connectivity index (χ4n) is 5.34. The van der Waals surface area contributed by atoms with Crippen LogP contribution in [0.1, 0.15) is 39.2 Å². The van der Waals surface area contributed by atoms with Gasteiger partial charge in [-0.15, -0.1) is 0 Å². The van der Waals surface area contributed by atoms with Crippen LogP contribution in [0.3, 0.4) is 0 Å². The van der Waals surface area contributed by atoms with Crippen LogP contribution in [-0.4, -0.2) is 56.8 Å². The molecular weight excluding hydrogens is 464 g/mol. The topological polar surface area (TPSA) is 85.2 Å². The van der Waals surface area contributed by atoms with Gasteiger partial charge in [0.2, 0.25) is 0 Å². The van der Waals surface area contributed by atoms with Crippen LogP contribution in [0.2, 0.25) is 0 Å². The lowest BCUT2D eigenvalue weighted by molar-refractivity contribution is 0.0937. The predicted molar refractivity (Wildman–Crippen MR) is 141 cm³/mol. The van der Waals surface area contributed by atoms with Gasteiger partial charge in [-0.05, 0) is 55.0 Å². The van der Waals surface area contributed by atoms with Crippen molar-refractivity contribution in [3.05, 3.63) is 88.9 Å². The molecule has 0 unspecified atom stereocenters. The number of aromatic nitrogens is 4. The Hall–Kier alpha value is -4.04. The first-order valence-electron chi connectivity index (χ1n) is 12.7. The van der Waals surface area contributed by atoms with E-state index in [9.17, 15) is 4.79 Å². The first kappa shape index (κ1) is 23.4. The third-order valence-corrected chi connectivity index (χ3v) is 7.39. The Kier molecular flexibility index (Phi) is 6.18. The van der Waals surface area contributed by atoms with E-state index in [1.54, 1.807) is 18.0 Å². The molecule has 1 atom stereocenters. The number of carbonyl (C=O) groups excluding carboxylic acids is 1. The van der Waals surface area contributed by atoms with E-state index in [2.05, 4.69) is 50.6 Å².